The van der Waals surface area contributed by atoms with Crippen LogP contribution in [0.4, 0.5) is 0 Å². The Morgan fingerprint density at radius 1 is 1.50 bits per heavy atom. The van der Waals surface area contributed by atoms with Crippen LogP contribution in [0.25, 0.3) is 0 Å². The number of nitrogens with one attached hydrogen (secondary N) is 1. The molecule has 0 fully saturated rings. The Morgan fingerprint density at radius 3 is 2.62 bits per heavy atom. The molecule has 1 rings (SSSR count). The number of nitrogens with zero attached hydrogens (tertiary/aromatic N) is 2. The van der Waals surface area contributed by atoms with E-state index in [4.69, 9.17) is 5.84 Å². The van der Waals surface area contributed by atoms with E-state index >= 15 is 0 Å². The van der Waals surface area contributed by atoms with Crippen molar-refractivity contribution in [3.63, 3.8) is 0 Å². The lowest BCUT2D eigenvalue weighted by atomic mass is 9.95. The van der Waals surface area contributed by atoms with Crippen molar-refractivity contribution in [1.29, 1.82) is 0 Å². The fraction of sp³-hybridized carbons (Fsp3) is 0.750. The predicted molar refractivity (Wildman–Crippen MR) is 66.9 cm³/mol. The molecule has 0 radical (unpaired) electrons. The summed E-state index contributed by atoms with van der Waals surface area (Å²) in [6.45, 7) is 6.54. The molecular formula is C12H24N4. The van der Waals surface area contributed by atoms with Crippen molar-refractivity contribution in [2.45, 2.75) is 46.1 Å². The highest BCUT2D eigenvalue weighted by Crippen LogP contribution is 2.13. The summed E-state index contributed by atoms with van der Waals surface area (Å²) in [6, 6.07) is 2.50. The molecule has 0 aliphatic carbocycles. The van der Waals surface area contributed by atoms with Crippen molar-refractivity contribution in [2.24, 2.45) is 18.8 Å². The summed E-state index contributed by atoms with van der Waals surface area (Å²) >= 11 is 0. The first kappa shape index (κ1) is 13.2. The molecule has 0 saturated heterocycles. The Labute approximate surface area is 98.2 Å². The number of aryl methyl sites for hydroxylation is 2. The third-order valence-corrected chi connectivity index (χ3v) is 3.36. The van der Waals surface area contributed by atoms with E-state index in [1.165, 1.54) is 5.69 Å². The topological polar surface area (TPSA) is 55.9 Å². The molecule has 16 heavy (non-hydrogen) atoms. The molecule has 0 spiro atoms. The van der Waals surface area contributed by atoms with Crippen LogP contribution in [0.3, 0.4) is 0 Å². The van der Waals surface area contributed by atoms with Crippen LogP contribution in [0.5, 0.6) is 0 Å². The van der Waals surface area contributed by atoms with Crippen LogP contribution < -0.4 is 11.3 Å². The molecule has 92 valence electrons. The second-order valence-corrected chi connectivity index (χ2v) is 4.47. The maximum absolute atomic E-state index is 5.61. The fourth-order valence-electron chi connectivity index (χ4n) is 1.87. The summed E-state index contributed by atoms with van der Waals surface area (Å²) in [5, 5.41) is 4.45. The van der Waals surface area contributed by atoms with E-state index in [2.05, 4.69) is 37.4 Å². The molecule has 0 bridgehead atoms. The minimum absolute atomic E-state index is 0.324. The Kier molecular flexibility index (Phi) is 4.96. The highest BCUT2D eigenvalue weighted by atomic mass is 15.3. The minimum Gasteiger partial charge on any atom is -0.272 e. The number of hydrazine groups is 1. The largest absolute Gasteiger partial charge is 0.272 e. The summed E-state index contributed by atoms with van der Waals surface area (Å²) in [4.78, 5) is 0. The van der Waals surface area contributed by atoms with Crippen LogP contribution in [0, 0.1) is 5.92 Å². The van der Waals surface area contributed by atoms with Crippen molar-refractivity contribution >= 4 is 0 Å². The van der Waals surface area contributed by atoms with E-state index in [0.29, 0.717) is 12.0 Å². The maximum atomic E-state index is 5.61. The van der Waals surface area contributed by atoms with Gasteiger partial charge in [0.05, 0.1) is 5.69 Å². The van der Waals surface area contributed by atoms with E-state index in [0.717, 1.165) is 25.0 Å². The van der Waals surface area contributed by atoms with Crippen molar-refractivity contribution in [1.82, 2.24) is 15.2 Å². The van der Waals surface area contributed by atoms with Crippen molar-refractivity contribution in [3.05, 3.63) is 17.5 Å². The predicted octanol–water partition coefficient (Wildman–Crippen LogP) is 1.40. The summed E-state index contributed by atoms with van der Waals surface area (Å²) in [7, 11) is 2.00. The molecule has 0 aromatic carbocycles. The molecule has 3 N–H and O–H groups in total. The first-order valence-corrected chi connectivity index (χ1v) is 6.10. The number of aromatic nitrogens is 2. The molecule has 0 amide bonds. The van der Waals surface area contributed by atoms with Crippen LogP contribution in [0.1, 0.15) is 38.6 Å². The van der Waals surface area contributed by atoms with Gasteiger partial charge in [-0.15, -0.1) is 0 Å². The number of rotatable bonds is 6. The standard InChI is InChI=1S/C12H24N4/c1-5-9(3)12(14-13)8-11-7-10(6-2)15-16(11)4/h7,9,12,14H,5-6,8,13H2,1-4H3. The first-order valence-electron chi connectivity index (χ1n) is 6.10. The average Bonchev–Trinajstić information content (AvgIpc) is 2.66. The molecule has 1 aromatic heterocycles. The first-order chi connectivity index (χ1) is 7.62. The Morgan fingerprint density at radius 2 is 2.19 bits per heavy atom. The van der Waals surface area contributed by atoms with Gasteiger partial charge in [-0.3, -0.25) is 16.0 Å². The molecule has 0 aliphatic rings. The lowest BCUT2D eigenvalue weighted by molar-refractivity contribution is 0.364. The van der Waals surface area contributed by atoms with Crippen LogP contribution in [-0.2, 0) is 19.9 Å². The van der Waals surface area contributed by atoms with Crippen LogP contribution in [0.2, 0.25) is 0 Å². The van der Waals surface area contributed by atoms with Gasteiger partial charge in [-0.05, 0) is 18.4 Å². The van der Waals surface area contributed by atoms with Gasteiger partial charge in [0.15, 0.2) is 0 Å². The molecule has 1 heterocycles. The zero-order valence-corrected chi connectivity index (χ0v) is 10.8. The van der Waals surface area contributed by atoms with E-state index in [-0.39, 0.29) is 0 Å². The smallest absolute Gasteiger partial charge is 0.0624 e. The van der Waals surface area contributed by atoms with E-state index < -0.39 is 0 Å². The number of nitrogens with two attached hydrogens (primary N) is 1. The maximum Gasteiger partial charge on any atom is 0.0624 e. The second-order valence-electron chi connectivity index (χ2n) is 4.47. The van der Waals surface area contributed by atoms with E-state index in [9.17, 15) is 0 Å². The number of hydrogen-bond donors (Lipinski definition) is 2. The van der Waals surface area contributed by atoms with Gasteiger partial charge in [-0.1, -0.05) is 27.2 Å². The highest BCUT2D eigenvalue weighted by molar-refractivity contribution is 5.11. The van der Waals surface area contributed by atoms with E-state index in [1.807, 2.05) is 11.7 Å². The zero-order valence-electron chi connectivity index (χ0n) is 10.8. The quantitative estimate of drug-likeness (QED) is 0.567. The Balaban J connectivity index is 2.73. The van der Waals surface area contributed by atoms with E-state index in [1.54, 1.807) is 0 Å². The average molecular weight is 224 g/mol. The molecule has 4 nitrogen and oxygen atoms in total. The van der Waals surface area contributed by atoms with Gasteiger partial charge in [0.1, 0.15) is 0 Å². The monoisotopic (exact) mass is 224 g/mol. The summed E-state index contributed by atoms with van der Waals surface area (Å²) in [5.74, 6) is 6.18. The summed E-state index contributed by atoms with van der Waals surface area (Å²) in [5.41, 5.74) is 5.32. The van der Waals surface area contributed by atoms with Gasteiger partial charge in [0.25, 0.3) is 0 Å². The SMILES string of the molecule is CCc1cc(CC(NN)C(C)CC)n(C)n1. The van der Waals surface area contributed by atoms with Crippen molar-refractivity contribution in [2.75, 3.05) is 0 Å². The van der Waals surface area contributed by atoms with Crippen LogP contribution >= 0.6 is 0 Å². The Hall–Kier alpha value is -0.870. The van der Waals surface area contributed by atoms with Gasteiger partial charge in [0.2, 0.25) is 0 Å². The lowest BCUT2D eigenvalue weighted by Crippen LogP contribution is -2.41. The van der Waals surface area contributed by atoms with Crippen molar-refractivity contribution < 1.29 is 0 Å². The normalized spacial score (nSPS) is 15.1. The molecule has 2 atom stereocenters. The molecule has 0 aliphatic heterocycles. The number of hydrogen-bond acceptors (Lipinski definition) is 3. The third-order valence-electron chi connectivity index (χ3n) is 3.36. The van der Waals surface area contributed by atoms with Gasteiger partial charge in [0, 0.05) is 25.2 Å². The lowest BCUT2D eigenvalue weighted by Gasteiger charge is -2.21. The molecule has 0 saturated carbocycles. The Bertz CT molecular complexity index is 319. The molecule has 4 heteroatoms. The second kappa shape index (κ2) is 6.01. The van der Waals surface area contributed by atoms with Crippen LogP contribution in [0.15, 0.2) is 6.07 Å². The van der Waals surface area contributed by atoms with Gasteiger partial charge >= 0.3 is 0 Å². The summed E-state index contributed by atoms with van der Waals surface area (Å²) < 4.78 is 1.96. The van der Waals surface area contributed by atoms with Gasteiger partial charge < -0.3 is 0 Å². The minimum atomic E-state index is 0.324. The molecule has 1 aromatic rings. The highest BCUT2D eigenvalue weighted by Gasteiger charge is 2.16. The van der Waals surface area contributed by atoms with Gasteiger partial charge in [-0.2, -0.15) is 5.10 Å². The van der Waals surface area contributed by atoms with Crippen LogP contribution in [-0.4, -0.2) is 15.8 Å². The molecular weight excluding hydrogens is 200 g/mol. The van der Waals surface area contributed by atoms with Crippen molar-refractivity contribution in [3.8, 4) is 0 Å². The third kappa shape index (κ3) is 3.06. The zero-order chi connectivity index (χ0) is 12.1. The van der Waals surface area contributed by atoms with Gasteiger partial charge in [-0.25, -0.2) is 0 Å². The fourth-order valence-corrected chi connectivity index (χ4v) is 1.87. The molecule has 2 unspecified atom stereocenters. The summed E-state index contributed by atoms with van der Waals surface area (Å²) in [6.07, 6.45) is 3.06.